The molecule has 0 spiro atoms. The highest BCUT2D eigenvalue weighted by Gasteiger charge is 2.17. The van der Waals surface area contributed by atoms with Crippen molar-refractivity contribution in [1.29, 1.82) is 0 Å². The van der Waals surface area contributed by atoms with Gasteiger partial charge in [0.2, 0.25) is 5.91 Å². The SMILES string of the molecule is Cc1ccc2c3c(C(N)=O)cccc3n(Cc3ccccc3Cl)c2c1. The van der Waals surface area contributed by atoms with Crippen molar-refractivity contribution in [2.24, 2.45) is 5.73 Å². The summed E-state index contributed by atoms with van der Waals surface area (Å²) in [5.74, 6) is -0.414. The first-order valence-corrected chi connectivity index (χ1v) is 8.49. The number of carbonyl (C=O) groups is 1. The van der Waals surface area contributed by atoms with E-state index >= 15 is 0 Å². The second-order valence-electron chi connectivity index (χ2n) is 6.26. The van der Waals surface area contributed by atoms with Crippen molar-refractivity contribution >= 4 is 39.3 Å². The van der Waals surface area contributed by atoms with E-state index in [-0.39, 0.29) is 0 Å². The summed E-state index contributed by atoms with van der Waals surface area (Å²) < 4.78 is 2.20. The quantitative estimate of drug-likeness (QED) is 0.562. The maximum atomic E-state index is 11.9. The van der Waals surface area contributed by atoms with Crippen molar-refractivity contribution < 1.29 is 4.79 Å². The van der Waals surface area contributed by atoms with Gasteiger partial charge in [-0.2, -0.15) is 0 Å². The molecule has 0 aliphatic carbocycles. The lowest BCUT2D eigenvalue weighted by molar-refractivity contribution is 0.100. The highest BCUT2D eigenvalue weighted by Crippen LogP contribution is 2.33. The van der Waals surface area contributed by atoms with E-state index in [1.165, 1.54) is 0 Å². The molecule has 0 saturated heterocycles. The van der Waals surface area contributed by atoms with Crippen LogP contribution in [0.4, 0.5) is 0 Å². The van der Waals surface area contributed by atoms with Crippen LogP contribution in [0.1, 0.15) is 21.5 Å². The molecule has 1 amide bonds. The molecule has 0 atom stereocenters. The Hall–Kier alpha value is -2.78. The van der Waals surface area contributed by atoms with Crippen LogP contribution in [-0.2, 0) is 6.54 Å². The first-order chi connectivity index (χ1) is 12.1. The number of hydrogen-bond acceptors (Lipinski definition) is 1. The van der Waals surface area contributed by atoms with E-state index in [4.69, 9.17) is 17.3 Å². The minimum atomic E-state index is -0.414. The minimum absolute atomic E-state index is 0.414. The molecule has 4 heteroatoms. The summed E-state index contributed by atoms with van der Waals surface area (Å²) >= 11 is 6.37. The molecule has 0 aliphatic heterocycles. The van der Waals surface area contributed by atoms with E-state index in [9.17, 15) is 4.79 Å². The lowest BCUT2D eigenvalue weighted by atomic mass is 10.1. The molecule has 4 aromatic rings. The number of aromatic nitrogens is 1. The molecular formula is C21H17ClN2O. The number of fused-ring (bicyclic) bond motifs is 3. The number of benzene rings is 3. The Morgan fingerprint density at radius 2 is 1.84 bits per heavy atom. The van der Waals surface area contributed by atoms with Crippen molar-refractivity contribution in [3.8, 4) is 0 Å². The Morgan fingerprint density at radius 1 is 1.04 bits per heavy atom. The highest BCUT2D eigenvalue weighted by atomic mass is 35.5. The molecule has 1 heterocycles. The van der Waals surface area contributed by atoms with Crippen LogP contribution in [0.5, 0.6) is 0 Å². The number of aryl methyl sites for hydroxylation is 1. The van der Waals surface area contributed by atoms with Crippen LogP contribution in [0.2, 0.25) is 5.02 Å². The van der Waals surface area contributed by atoms with Crippen LogP contribution in [0.3, 0.4) is 0 Å². The van der Waals surface area contributed by atoms with Gasteiger partial charge in [0, 0.05) is 33.4 Å². The Kier molecular flexibility index (Phi) is 3.74. The van der Waals surface area contributed by atoms with Crippen molar-refractivity contribution in [3.63, 3.8) is 0 Å². The molecule has 1 aromatic heterocycles. The molecule has 3 aromatic carbocycles. The molecular weight excluding hydrogens is 332 g/mol. The average molecular weight is 349 g/mol. The predicted molar refractivity (Wildman–Crippen MR) is 103 cm³/mol. The topological polar surface area (TPSA) is 48.0 Å². The molecule has 0 fully saturated rings. The smallest absolute Gasteiger partial charge is 0.249 e. The lowest BCUT2D eigenvalue weighted by Crippen LogP contribution is -2.11. The Bertz CT molecular complexity index is 1130. The van der Waals surface area contributed by atoms with E-state index in [1.54, 1.807) is 6.07 Å². The van der Waals surface area contributed by atoms with Gasteiger partial charge in [-0.3, -0.25) is 4.79 Å². The van der Waals surface area contributed by atoms with Crippen LogP contribution in [0.15, 0.2) is 60.7 Å². The van der Waals surface area contributed by atoms with Gasteiger partial charge in [-0.05, 0) is 42.3 Å². The number of nitrogens with zero attached hydrogens (tertiary/aromatic N) is 1. The summed E-state index contributed by atoms with van der Waals surface area (Å²) in [5, 5.41) is 2.66. The van der Waals surface area contributed by atoms with E-state index in [0.717, 1.165) is 38.0 Å². The number of nitrogens with two attached hydrogens (primary N) is 1. The molecule has 0 saturated carbocycles. The third-order valence-electron chi connectivity index (χ3n) is 4.60. The minimum Gasteiger partial charge on any atom is -0.366 e. The van der Waals surface area contributed by atoms with Gasteiger partial charge in [0.25, 0.3) is 0 Å². The van der Waals surface area contributed by atoms with Crippen LogP contribution in [0, 0.1) is 6.92 Å². The molecule has 4 rings (SSSR count). The number of amides is 1. The van der Waals surface area contributed by atoms with Gasteiger partial charge in [0.15, 0.2) is 0 Å². The number of rotatable bonds is 3. The molecule has 0 radical (unpaired) electrons. The van der Waals surface area contributed by atoms with Crippen molar-refractivity contribution in [2.75, 3.05) is 0 Å². The van der Waals surface area contributed by atoms with Gasteiger partial charge >= 0.3 is 0 Å². The van der Waals surface area contributed by atoms with Gasteiger partial charge in [-0.1, -0.05) is 48.0 Å². The number of halogens is 1. The summed E-state index contributed by atoms with van der Waals surface area (Å²) in [6.07, 6.45) is 0. The lowest BCUT2D eigenvalue weighted by Gasteiger charge is -2.10. The Labute approximate surface area is 150 Å². The molecule has 124 valence electrons. The summed E-state index contributed by atoms with van der Waals surface area (Å²) in [4.78, 5) is 11.9. The van der Waals surface area contributed by atoms with E-state index in [1.807, 2.05) is 36.4 Å². The highest BCUT2D eigenvalue weighted by molar-refractivity contribution is 6.31. The first-order valence-electron chi connectivity index (χ1n) is 8.11. The van der Waals surface area contributed by atoms with Crippen LogP contribution in [0.25, 0.3) is 21.8 Å². The molecule has 3 nitrogen and oxygen atoms in total. The predicted octanol–water partition coefficient (Wildman–Crippen LogP) is 4.90. The molecule has 0 unspecified atom stereocenters. The summed E-state index contributed by atoms with van der Waals surface area (Å²) in [6.45, 7) is 2.69. The van der Waals surface area contributed by atoms with Gasteiger partial charge in [0.05, 0.1) is 5.52 Å². The first kappa shape index (κ1) is 15.7. The van der Waals surface area contributed by atoms with Gasteiger partial charge in [-0.15, -0.1) is 0 Å². The monoisotopic (exact) mass is 348 g/mol. The van der Waals surface area contributed by atoms with Gasteiger partial charge < -0.3 is 10.3 Å². The third-order valence-corrected chi connectivity index (χ3v) is 4.97. The normalized spacial score (nSPS) is 11.3. The largest absolute Gasteiger partial charge is 0.366 e. The van der Waals surface area contributed by atoms with Gasteiger partial charge in [0.1, 0.15) is 0 Å². The van der Waals surface area contributed by atoms with Crippen molar-refractivity contribution in [1.82, 2.24) is 4.57 Å². The molecule has 25 heavy (non-hydrogen) atoms. The second-order valence-corrected chi connectivity index (χ2v) is 6.67. The van der Waals surface area contributed by atoms with Crippen molar-refractivity contribution in [3.05, 3.63) is 82.4 Å². The molecule has 0 bridgehead atoms. The maximum absolute atomic E-state index is 11.9. The van der Waals surface area contributed by atoms with E-state index in [0.29, 0.717) is 12.1 Å². The number of primary amides is 1. The van der Waals surface area contributed by atoms with Crippen LogP contribution in [-0.4, -0.2) is 10.5 Å². The zero-order chi connectivity index (χ0) is 17.6. The molecule has 0 aliphatic rings. The zero-order valence-corrected chi connectivity index (χ0v) is 14.5. The number of carbonyl (C=O) groups excluding carboxylic acids is 1. The maximum Gasteiger partial charge on any atom is 0.249 e. The van der Waals surface area contributed by atoms with Crippen LogP contribution < -0.4 is 5.73 Å². The number of hydrogen-bond donors (Lipinski definition) is 1. The Morgan fingerprint density at radius 3 is 2.60 bits per heavy atom. The van der Waals surface area contributed by atoms with Crippen molar-refractivity contribution in [2.45, 2.75) is 13.5 Å². The summed E-state index contributed by atoms with van der Waals surface area (Å²) in [7, 11) is 0. The van der Waals surface area contributed by atoms with Crippen LogP contribution >= 0.6 is 11.6 Å². The fourth-order valence-electron chi connectivity index (χ4n) is 3.43. The van der Waals surface area contributed by atoms with E-state index < -0.39 is 5.91 Å². The fraction of sp³-hybridized carbons (Fsp3) is 0.0952. The van der Waals surface area contributed by atoms with Gasteiger partial charge in [-0.25, -0.2) is 0 Å². The van der Waals surface area contributed by atoms with E-state index in [2.05, 4.69) is 29.7 Å². The third kappa shape index (κ3) is 2.57. The molecule has 2 N–H and O–H groups in total. The zero-order valence-electron chi connectivity index (χ0n) is 13.8. The fourth-order valence-corrected chi connectivity index (χ4v) is 3.62. The standard InChI is InChI=1S/C21H17ClN2O/c1-13-9-10-15-19(11-13)24(12-14-5-2-3-7-17(14)22)18-8-4-6-16(20(15)18)21(23)25/h2-11H,12H2,1H3,(H2,23,25). The second kappa shape index (κ2) is 5.94. The average Bonchev–Trinajstić information content (AvgIpc) is 2.90. The summed E-state index contributed by atoms with van der Waals surface area (Å²) in [5.41, 5.74) is 10.4. The Balaban J connectivity index is 2.08. The summed E-state index contributed by atoms with van der Waals surface area (Å²) in [6, 6.07) is 19.7.